The molecule has 3 N–H and O–H groups in total. The second-order valence-electron chi connectivity index (χ2n) is 4.47. The lowest BCUT2D eigenvalue weighted by Crippen LogP contribution is -2.59. The predicted molar refractivity (Wildman–Crippen MR) is 63.2 cm³/mol. The number of carbonyl (C=O) groups is 1. The van der Waals surface area contributed by atoms with E-state index >= 15 is 0 Å². The normalized spacial score (nSPS) is 22.4. The molecule has 1 aliphatic heterocycles. The van der Waals surface area contributed by atoms with Crippen molar-refractivity contribution in [3.05, 3.63) is 0 Å². The fourth-order valence-electron chi connectivity index (χ4n) is 2.01. The van der Waals surface area contributed by atoms with Crippen molar-refractivity contribution in [2.75, 3.05) is 39.4 Å². The summed E-state index contributed by atoms with van der Waals surface area (Å²) < 4.78 is 5.38. The third-order valence-corrected chi connectivity index (χ3v) is 2.97. The van der Waals surface area contributed by atoms with E-state index in [0.717, 1.165) is 39.3 Å². The van der Waals surface area contributed by atoms with Crippen LogP contribution in [0.3, 0.4) is 0 Å². The number of hydrogen-bond donors (Lipinski definition) is 2. The molecule has 1 unspecified atom stereocenters. The van der Waals surface area contributed by atoms with Crippen LogP contribution in [-0.4, -0.2) is 55.7 Å². The molecule has 0 radical (unpaired) electrons. The maximum Gasteiger partial charge on any atom is 0.238 e. The molecule has 0 aliphatic carbocycles. The van der Waals surface area contributed by atoms with Crippen LogP contribution in [-0.2, 0) is 9.53 Å². The molecular weight excluding hydrogens is 206 g/mol. The van der Waals surface area contributed by atoms with Gasteiger partial charge in [-0.2, -0.15) is 0 Å². The number of carbonyl (C=O) groups excluding carboxylic acids is 1. The van der Waals surface area contributed by atoms with E-state index in [2.05, 4.69) is 10.2 Å². The third kappa shape index (κ3) is 3.73. The lowest BCUT2D eigenvalue weighted by molar-refractivity contribution is -0.124. The highest BCUT2D eigenvalue weighted by Crippen LogP contribution is 2.08. The molecule has 1 fully saturated rings. The third-order valence-electron chi connectivity index (χ3n) is 2.97. The largest absolute Gasteiger partial charge is 0.380 e. The van der Waals surface area contributed by atoms with Crippen LogP contribution in [0.2, 0.25) is 0 Å². The lowest BCUT2D eigenvalue weighted by Gasteiger charge is -2.32. The first-order valence-corrected chi connectivity index (χ1v) is 5.93. The van der Waals surface area contributed by atoms with Crippen LogP contribution in [0, 0.1) is 0 Å². The van der Waals surface area contributed by atoms with E-state index in [0.29, 0.717) is 6.54 Å². The van der Waals surface area contributed by atoms with E-state index < -0.39 is 5.54 Å². The predicted octanol–water partition coefficient (Wildman–Crippen LogP) is -0.438. The zero-order chi connectivity index (χ0) is 12.0. The summed E-state index contributed by atoms with van der Waals surface area (Å²) in [6.45, 7) is 8.62. The van der Waals surface area contributed by atoms with Gasteiger partial charge in [-0.05, 0) is 19.9 Å². The maximum atomic E-state index is 11.5. The number of nitrogens with one attached hydrogen (secondary N) is 1. The van der Waals surface area contributed by atoms with E-state index in [1.807, 2.05) is 13.8 Å². The summed E-state index contributed by atoms with van der Waals surface area (Å²) in [7, 11) is 0. The number of ether oxygens (including phenoxy) is 1. The van der Waals surface area contributed by atoms with Gasteiger partial charge in [0, 0.05) is 26.2 Å². The van der Waals surface area contributed by atoms with Gasteiger partial charge in [0.05, 0.1) is 6.61 Å². The molecule has 1 saturated heterocycles. The Morgan fingerprint density at radius 1 is 1.50 bits per heavy atom. The molecule has 5 nitrogen and oxygen atoms in total. The van der Waals surface area contributed by atoms with Crippen molar-refractivity contribution >= 4 is 5.91 Å². The monoisotopic (exact) mass is 229 g/mol. The van der Waals surface area contributed by atoms with Gasteiger partial charge in [-0.25, -0.2) is 0 Å². The Balaban J connectivity index is 2.55. The number of nitrogens with zero attached hydrogens (tertiary/aromatic N) is 1. The Morgan fingerprint density at radius 2 is 2.25 bits per heavy atom. The van der Waals surface area contributed by atoms with Gasteiger partial charge >= 0.3 is 0 Å². The molecule has 0 bridgehead atoms. The molecule has 0 aromatic heterocycles. The molecule has 0 saturated carbocycles. The fourth-order valence-corrected chi connectivity index (χ4v) is 2.01. The molecule has 16 heavy (non-hydrogen) atoms. The van der Waals surface area contributed by atoms with Crippen LogP contribution in [0.1, 0.15) is 20.3 Å². The summed E-state index contributed by atoms with van der Waals surface area (Å²) in [6.07, 6.45) is 1.01. The molecule has 0 spiro atoms. The Morgan fingerprint density at radius 3 is 2.88 bits per heavy atom. The molecule has 1 amide bonds. The van der Waals surface area contributed by atoms with Crippen molar-refractivity contribution in [3.63, 3.8) is 0 Å². The second-order valence-corrected chi connectivity index (χ2v) is 4.47. The minimum Gasteiger partial charge on any atom is -0.380 e. The first kappa shape index (κ1) is 13.4. The minimum absolute atomic E-state index is 0.292. The van der Waals surface area contributed by atoms with Crippen molar-refractivity contribution in [1.29, 1.82) is 0 Å². The van der Waals surface area contributed by atoms with Crippen molar-refractivity contribution in [2.24, 2.45) is 5.73 Å². The highest BCUT2D eigenvalue weighted by atomic mass is 16.5. The Labute approximate surface area is 97.3 Å². The molecule has 1 atom stereocenters. The minimum atomic E-state index is -0.640. The van der Waals surface area contributed by atoms with Gasteiger partial charge in [0.2, 0.25) is 5.91 Å². The van der Waals surface area contributed by atoms with Crippen molar-refractivity contribution in [2.45, 2.75) is 25.8 Å². The molecule has 0 aromatic carbocycles. The lowest BCUT2D eigenvalue weighted by atomic mass is 10.0. The second kappa shape index (κ2) is 6.18. The Kier molecular flexibility index (Phi) is 5.18. The van der Waals surface area contributed by atoms with Gasteiger partial charge in [-0.1, -0.05) is 6.92 Å². The quantitative estimate of drug-likeness (QED) is 0.671. The highest BCUT2D eigenvalue weighted by molar-refractivity contribution is 5.84. The van der Waals surface area contributed by atoms with Crippen molar-refractivity contribution in [3.8, 4) is 0 Å². The number of hydrogen-bond acceptors (Lipinski definition) is 4. The van der Waals surface area contributed by atoms with E-state index in [9.17, 15) is 4.79 Å². The maximum absolute atomic E-state index is 11.5. The van der Waals surface area contributed by atoms with Crippen LogP contribution < -0.4 is 11.1 Å². The molecular formula is C11H23N3O2. The molecule has 1 rings (SSSR count). The zero-order valence-corrected chi connectivity index (χ0v) is 10.3. The molecule has 1 heterocycles. The van der Waals surface area contributed by atoms with Gasteiger partial charge in [0.1, 0.15) is 5.54 Å². The molecule has 5 heteroatoms. The fraction of sp³-hybridized carbons (Fsp3) is 0.909. The van der Waals surface area contributed by atoms with E-state index in [-0.39, 0.29) is 5.91 Å². The molecule has 0 aromatic rings. The number of amides is 1. The summed E-state index contributed by atoms with van der Waals surface area (Å²) in [5, 5.41) is 3.17. The van der Waals surface area contributed by atoms with E-state index in [1.54, 1.807) is 0 Å². The number of nitrogens with two attached hydrogens (primary N) is 1. The summed E-state index contributed by atoms with van der Waals surface area (Å²) >= 11 is 0. The standard InChI is InChI=1S/C11H23N3O2/c1-3-13-11(2,10(12)15)9-14-5-4-7-16-8-6-14/h13H,3-9H2,1-2H3,(H2,12,15). The van der Waals surface area contributed by atoms with Crippen LogP contribution >= 0.6 is 0 Å². The first-order chi connectivity index (χ1) is 7.58. The number of rotatable bonds is 5. The average Bonchev–Trinajstić information content (AvgIpc) is 2.46. The zero-order valence-electron chi connectivity index (χ0n) is 10.3. The average molecular weight is 229 g/mol. The summed E-state index contributed by atoms with van der Waals surface area (Å²) in [5.74, 6) is -0.292. The summed E-state index contributed by atoms with van der Waals surface area (Å²) in [6, 6.07) is 0. The topological polar surface area (TPSA) is 67.6 Å². The van der Waals surface area contributed by atoms with Crippen molar-refractivity contribution < 1.29 is 9.53 Å². The first-order valence-electron chi connectivity index (χ1n) is 5.93. The Hall–Kier alpha value is -0.650. The van der Waals surface area contributed by atoms with Gasteiger partial charge in [0.15, 0.2) is 0 Å². The summed E-state index contributed by atoms with van der Waals surface area (Å²) in [4.78, 5) is 13.7. The molecule has 94 valence electrons. The summed E-state index contributed by atoms with van der Waals surface area (Å²) in [5.41, 5.74) is 4.81. The highest BCUT2D eigenvalue weighted by Gasteiger charge is 2.32. The Bertz CT molecular complexity index is 227. The van der Waals surface area contributed by atoms with Gasteiger partial charge < -0.3 is 15.8 Å². The van der Waals surface area contributed by atoms with Crippen LogP contribution in [0.5, 0.6) is 0 Å². The van der Waals surface area contributed by atoms with Crippen molar-refractivity contribution in [1.82, 2.24) is 10.2 Å². The smallest absolute Gasteiger partial charge is 0.238 e. The van der Waals surface area contributed by atoms with Gasteiger partial charge in [-0.15, -0.1) is 0 Å². The van der Waals surface area contributed by atoms with E-state index in [1.165, 1.54) is 0 Å². The number of primary amides is 1. The van der Waals surface area contributed by atoms with Crippen LogP contribution in [0.4, 0.5) is 0 Å². The number of likely N-dealkylation sites (N-methyl/N-ethyl adjacent to an activating group) is 1. The van der Waals surface area contributed by atoms with E-state index in [4.69, 9.17) is 10.5 Å². The van der Waals surface area contributed by atoms with Gasteiger partial charge in [0.25, 0.3) is 0 Å². The van der Waals surface area contributed by atoms with Crippen LogP contribution in [0.15, 0.2) is 0 Å². The SMILES string of the molecule is CCNC(C)(CN1CCCOCC1)C(N)=O. The molecule has 1 aliphatic rings. The van der Waals surface area contributed by atoms with Crippen LogP contribution in [0.25, 0.3) is 0 Å². The van der Waals surface area contributed by atoms with Gasteiger partial charge in [-0.3, -0.25) is 9.69 Å².